The zero-order valence-corrected chi connectivity index (χ0v) is 11.4. The molecule has 8 nitrogen and oxygen atoms in total. The van der Waals surface area contributed by atoms with Gasteiger partial charge in [0.1, 0.15) is 22.4 Å². The largest absolute Gasteiger partial charge is 0.387 e. The lowest BCUT2D eigenvalue weighted by Gasteiger charge is -2.17. The normalized spacial score (nSPS) is 32.5. The molecule has 1 saturated heterocycles. The van der Waals surface area contributed by atoms with Crippen molar-refractivity contribution in [1.82, 2.24) is 9.36 Å². The van der Waals surface area contributed by atoms with Crippen LogP contribution in [0.3, 0.4) is 0 Å². The highest BCUT2D eigenvalue weighted by Gasteiger charge is 2.46. The zero-order chi connectivity index (χ0) is 14.3. The highest BCUT2D eigenvalue weighted by molar-refractivity contribution is 14.1. The van der Waals surface area contributed by atoms with Gasteiger partial charge >= 0.3 is 5.69 Å². The first-order chi connectivity index (χ1) is 8.84. The van der Waals surface area contributed by atoms with E-state index in [9.17, 15) is 29.4 Å². The molecular weight excluding hydrogens is 378 g/mol. The van der Waals surface area contributed by atoms with Crippen LogP contribution in [0, 0.1) is 0 Å². The second-order valence-electron chi connectivity index (χ2n) is 3.97. The molecule has 10 heteroatoms. The van der Waals surface area contributed by atoms with Crippen LogP contribution in [-0.4, -0.2) is 47.1 Å². The lowest BCUT2D eigenvalue weighted by Crippen LogP contribution is -2.40. The van der Waals surface area contributed by atoms with Crippen molar-refractivity contribution < 1.29 is 24.5 Å². The van der Waals surface area contributed by atoms with Crippen LogP contribution >= 0.6 is 22.6 Å². The maximum atomic E-state index is 13.1. The fraction of sp³-hybridized carbons (Fsp3) is 0.556. The maximum absolute atomic E-state index is 13.1. The first-order valence-electron chi connectivity index (χ1n) is 5.18. The Morgan fingerprint density at radius 2 is 2.00 bits per heavy atom. The molecule has 0 bridgehead atoms. The van der Waals surface area contributed by atoms with E-state index in [1.54, 1.807) is 22.6 Å². The predicted octanol–water partition coefficient (Wildman–Crippen LogP) is -1.88. The molecule has 19 heavy (non-hydrogen) atoms. The van der Waals surface area contributed by atoms with Gasteiger partial charge in [0.2, 0.25) is 0 Å². The molecule has 1 aliphatic heterocycles. The van der Waals surface area contributed by atoms with Crippen molar-refractivity contribution in [1.29, 1.82) is 0 Å². The van der Waals surface area contributed by atoms with Crippen LogP contribution < -0.4 is 11.2 Å². The highest BCUT2D eigenvalue weighted by Crippen LogP contribution is 2.31. The minimum absolute atomic E-state index is 0.633. The summed E-state index contributed by atoms with van der Waals surface area (Å²) in [6, 6.07) is 0.775. The minimum Gasteiger partial charge on any atom is -0.387 e. The molecule has 0 amide bonds. The van der Waals surface area contributed by atoms with Crippen LogP contribution in [-0.2, 0) is 4.74 Å². The van der Waals surface area contributed by atoms with Crippen LogP contribution in [0.4, 0.5) is 4.48 Å². The third kappa shape index (κ3) is 2.45. The summed E-state index contributed by atoms with van der Waals surface area (Å²) in [7, 11) is 0. The zero-order valence-electron chi connectivity index (χ0n) is 9.26. The van der Waals surface area contributed by atoms with Crippen LogP contribution in [0.2, 0.25) is 0 Å². The summed E-state index contributed by atoms with van der Waals surface area (Å²) in [6.45, 7) is 0. The van der Waals surface area contributed by atoms with Gasteiger partial charge in [-0.05, 0) is 22.6 Å². The standard InChI is InChI=1S/C9H10FIN2O6/c10-13-3(14)1-2-12(9(13)18)8-5(16)4(15)6(19-8)7(11)17/h1-2,4-8,15-17H/t4-,5-,6-,7?,8?/m0/s1. The molecule has 0 aliphatic carbocycles. The average molecular weight is 388 g/mol. The lowest BCUT2D eigenvalue weighted by atomic mass is 10.1. The van der Waals surface area contributed by atoms with Crippen LogP contribution in [0.5, 0.6) is 0 Å². The van der Waals surface area contributed by atoms with Gasteiger partial charge in [0.05, 0.1) is 0 Å². The summed E-state index contributed by atoms with van der Waals surface area (Å²) >= 11 is 1.56. The van der Waals surface area contributed by atoms with Gasteiger partial charge in [0.15, 0.2) is 6.23 Å². The summed E-state index contributed by atoms with van der Waals surface area (Å²) in [5.41, 5.74) is -2.49. The Balaban J connectivity index is 2.41. The Bertz CT molecular complexity index is 587. The van der Waals surface area contributed by atoms with Crippen molar-refractivity contribution in [3.8, 4) is 0 Å². The fourth-order valence-corrected chi connectivity index (χ4v) is 2.40. The van der Waals surface area contributed by atoms with Crippen LogP contribution in [0.15, 0.2) is 21.9 Å². The quantitative estimate of drug-likeness (QED) is 0.404. The third-order valence-electron chi connectivity index (χ3n) is 2.78. The minimum atomic E-state index is -1.54. The molecule has 1 fully saturated rings. The molecule has 0 radical (unpaired) electrons. The molecular formula is C9H10FIN2O6. The second-order valence-corrected chi connectivity index (χ2v) is 5.25. The summed E-state index contributed by atoms with van der Waals surface area (Å²) in [5.74, 6) is 0. The van der Waals surface area contributed by atoms with Crippen molar-refractivity contribution in [2.24, 2.45) is 0 Å². The molecule has 2 rings (SSSR count). The molecule has 2 unspecified atom stereocenters. The molecule has 2 heterocycles. The molecule has 1 aromatic rings. The molecule has 3 N–H and O–H groups in total. The first kappa shape index (κ1) is 14.6. The summed E-state index contributed by atoms with van der Waals surface area (Å²) in [5, 5.41) is 28.8. The number of alkyl halides is 1. The summed E-state index contributed by atoms with van der Waals surface area (Å²) in [4.78, 5) is 21.8. The van der Waals surface area contributed by atoms with Crippen molar-refractivity contribution in [3.05, 3.63) is 33.1 Å². The van der Waals surface area contributed by atoms with E-state index in [0.717, 1.165) is 12.3 Å². The number of aromatic nitrogens is 2. The number of ether oxygens (including phenoxy) is 1. The van der Waals surface area contributed by atoms with Gasteiger partial charge in [-0.25, -0.2) is 4.79 Å². The highest BCUT2D eigenvalue weighted by atomic mass is 127. The molecule has 1 aliphatic rings. The van der Waals surface area contributed by atoms with Gasteiger partial charge in [-0.2, -0.15) is 0 Å². The topological polar surface area (TPSA) is 114 Å². The number of rotatable bonds is 2. The van der Waals surface area contributed by atoms with E-state index in [0.29, 0.717) is 4.57 Å². The second kappa shape index (κ2) is 5.28. The van der Waals surface area contributed by atoms with E-state index in [2.05, 4.69) is 0 Å². The predicted molar refractivity (Wildman–Crippen MR) is 67.4 cm³/mol. The van der Waals surface area contributed by atoms with Crippen molar-refractivity contribution >= 4 is 22.6 Å². The van der Waals surface area contributed by atoms with E-state index in [1.165, 1.54) is 0 Å². The van der Waals surface area contributed by atoms with E-state index in [1.807, 2.05) is 0 Å². The summed E-state index contributed by atoms with van der Waals surface area (Å²) < 4.78 is 17.8. The molecule has 0 spiro atoms. The number of nitrogens with zero attached hydrogens (tertiary/aromatic N) is 2. The Morgan fingerprint density at radius 3 is 2.53 bits per heavy atom. The molecule has 5 atom stereocenters. The van der Waals surface area contributed by atoms with E-state index < -0.39 is 44.7 Å². The monoisotopic (exact) mass is 388 g/mol. The van der Waals surface area contributed by atoms with Gasteiger partial charge in [-0.3, -0.25) is 9.36 Å². The van der Waals surface area contributed by atoms with Gasteiger partial charge in [0.25, 0.3) is 5.56 Å². The maximum Gasteiger partial charge on any atom is 0.362 e. The smallest absolute Gasteiger partial charge is 0.362 e. The van der Waals surface area contributed by atoms with Crippen molar-refractivity contribution in [2.45, 2.75) is 28.7 Å². The number of hydrogen-bond acceptors (Lipinski definition) is 6. The Kier molecular flexibility index (Phi) is 4.06. The van der Waals surface area contributed by atoms with Gasteiger partial charge < -0.3 is 20.1 Å². The van der Waals surface area contributed by atoms with Crippen LogP contribution in [0.25, 0.3) is 0 Å². The number of hydrogen-bond donors (Lipinski definition) is 3. The fourth-order valence-electron chi connectivity index (χ4n) is 1.81. The first-order valence-corrected chi connectivity index (χ1v) is 6.43. The van der Waals surface area contributed by atoms with E-state index in [-0.39, 0.29) is 0 Å². The molecule has 0 aromatic carbocycles. The van der Waals surface area contributed by atoms with Crippen molar-refractivity contribution in [2.75, 3.05) is 0 Å². The number of aliphatic hydroxyl groups excluding tert-OH is 3. The van der Waals surface area contributed by atoms with Crippen LogP contribution in [0.1, 0.15) is 6.23 Å². The van der Waals surface area contributed by atoms with E-state index in [4.69, 9.17) is 4.74 Å². The number of aliphatic hydroxyl groups is 3. The summed E-state index contributed by atoms with van der Waals surface area (Å²) in [6.07, 6.45) is -4.55. The third-order valence-corrected chi connectivity index (χ3v) is 3.49. The average Bonchev–Trinajstić information content (AvgIpc) is 2.64. The van der Waals surface area contributed by atoms with Gasteiger partial charge in [0, 0.05) is 12.3 Å². The Labute approximate surface area is 118 Å². The Morgan fingerprint density at radius 1 is 1.37 bits per heavy atom. The molecule has 1 aromatic heterocycles. The SMILES string of the molecule is O=c1ccn(C2O[C@H](C(O)I)[C@@H](O)[C@@H]2O)c(=O)n1F. The van der Waals surface area contributed by atoms with E-state index >= 15 is 0 Å². The number of halogens is 2. The van der Waals surface area contributed by atoms with Gasteiger partial charge in [-0.15, -0.1) is 0 Å². The molecule has 106 valence electrons. The lowest BCUT2D eigenvalue weighted by molar-refractivity contribution is -0.0607. The van der Waals surface area contributed by atoms with Crippen molar-refractivity contribution in [3.63, 3.8) is 0 Å². The van der Waals surface area contributed by atoms with Gasteiger partial charge in [-0.1, -0.05) is 9.27 Å². The Hall–Kier alpha value is -0.820. The molecule has 0 saturated carbocycles.